The fraction of sp³-hybridized carbons (Fsp3) is 0.0833. The molecule has 0 saturated heterocycles. The smallest absolute Gasteiger partial charge is 0.349 e. The summed E-state index contributed by atoms with van der Waals surface area (Å²) in [6.45, 7) is -0.232. The van der Waals surface area contributed by atoms with Crippen LogP contribution >= 0.6 is 15.9 Å². The molecule has 2 N–H and O–H groups in total. The van der Waals surface area contributed by atoms with Gasteiger partial charge in [0, 0.05) is 16.1 Å². The van der Waals surface area contributed by atoms with Crippen molar-refractivity contribution in [3.05, 3.63) is 99.9 Å². The summed E-state index contributed by atoms with van der Waals surface area (Å²) in [5.74, 6) is 0.395. The van der Waals surface area contributed by atoms with Crippen molar-refractivity contribution >= 4 is 21.9 Å². The van der Waals surface area contributed by atoms with Gasteiger partial charge in [-0.05, 0) is 35.9 Å². The van der Waals surface area contributed by atoms with E-state index >= 15 is 0 Å². The van der Waals surface area contributed by atoms with Gasteiger partial charge in [-0.2, -0.15) is 5.26 Å². The molecule has 0 spiro atoms. The van der Waals surface area contributed by atoms with E-state index in [1.165, 1.54) is 0 Å². The summed E-state index contributed by atoms with van der Waals surface area (Å²) in [5.41, 5.74) is 8.01. The van der Waals surface area contributed by atoms with Gasteiger partial charge >= 0.3 is 5.97 Å². The maximum atomic E-state index is 12.2. The summed E-state index contributed by atoms with van der Waals surface area (Å²) in [6, 6.07) is 23.8. The van der Waals surface area contributed by atoms with Crippen LogP contribution in [-0.4, -0.2) is 12.6 Å². The first-order valence-corrected chi connectivity index (χ1v) is 10.2. The van der Waals surface area contributed by atoms with Crippen molar-refractivity contribution < 1.29 is 19.0 Å². The van der Waals surface area contributed by atoms with E-state index in [1.54, 1.807) is 30.3 Å². The van der Waals surface area contributed by atoms with Crippen LogP contribution in [-0.2, 0) is 4.79 Å². The minimum Gasteiger partial charge on any atom is -0.482 e. The van der Waals surface area contributed by atoms with Crippen LogP contribution in [0.3, 0.4) is 0 Å². The third-order valence-corrected chi connectivity index (χ3v) is 5.25. The van der Waals surface area contributed by atoms with Crippen molar-refractivity contribution in [2.75, 3.05) is 6.61 Å². The van der Waals surface area contributed by atoms with Crippen LogP contribution in [0.2, 0.25) is 0 Å². The molecule has 1 atom stereocenters. The average Bonchev–Trinajstić information content (AvgIpc) is 2.78. The highest BCUT2D eigenvalue weighted by atomic mass is 79.9. The summed E-state index contributed by atoms with van der Waals surface area (Å²) in [7, 11) is 0. The lowest BCUT2D eigenvalue weighted by Crippen LogP contribution is -2.21. The second-order valence-corrected chi connectivity index (χ2v) is 7.67. The predicted molar refractivity (Wildman–Crippen MR) is 117 cm³/mol. The van der Waals surface area contributed by atoms with Gasteiger partial charge in [0.25, 0.3) is 0 Å². The van der Waals surface area contributed by atoms with Crippen LogP contribution in [0.5, 0.6) is 17.2 Å². The molecule has 0 aliphatic carbocycles. The largest absolute Gasteiger partial charge is 0.482 e. The lowest BCUT2D eigenvalue weighted by Gasteiger charge is -2.26. The van der Waals surface area contributed by atoms with Gasteiger partial charge in [-0.25, -0.2) is 4.79 Å². The average molecular weight is 477 g/mol. The van der Waals surface area contributed by atoms with Crippen molar-refractivity contribution in [1.82, 2.24) is 0 Å². The fourth-order valence-corrected chi connectivity index (χ4v) is 3.58. The van der Waals surface area contributed by atoms with Crippen molar-refractivity contribution in [2.24, 2.45) is 5.73 Å². The molecule has 0 bridgehead atoms. The first kappa shape index (κ1) is 20.5. The van der Waals surface area contributed by atoms with E-state index in [2.05, 4.69) is 22.0 Å². The second-order valence-electron chi connectivity index (χ2n) is 6.75. The zero-order valence-electron chi connectivity index (χ0n) is 16.2. The Morgan fingerprint density at radius 3 is 2.52 bits per heavy atom. The molecule has 31 heavy (non-hydrogen) atoms. The molecule has 0 radical (unpaired) electrons. The molecule has 154 valence electrons. The van der Waals surface area contributed by atoms with E-state index in [9.17, 15) is 10.1 Å². The third kappa shape index (κ3) is 4.55. The Labute approximate surface area is 187 Å². The number of allylic oxidation sites excluding steroid dienone is 1. The molecule has 0 aromatic heterocycles. The number of nitrogens with zero attached hydrogens (tertiary/aromatic N) is 1. The summed E-state index contributed by atoms with van der Waals surface area (Å²) in [6.07, 6.45) is 0. The van der Waals surface area contributed by atoms with Gasteiger partial charge in [-0.3, -0.25) is 0 Å². The number of nitrogens with two attached hydrogens (primary N) is 1. The van der Waals surface area contributed by atoms with Gasteiger partial charge in [0.05, 0.1) is 5.92 Å². The minimum atomic E-state index is -0.551. The predicted octanol–water partition coefficient (Wildman–Crippen LogP) is 4.65. The van der Waals surface area contributed by atoms with Gasteiger partial charge < -0.3 is 19.9 Å². The minimum absolute atomic E-state index is 0.0267. The van der Waals surface area contributed by atoms with Crippen LogP contribution in [0.25, 0.3) is 0 Å². The van der Waals surface area contributed by atoms with Gasteiger partial charge in [0.15, 0.2) is 6.61 Å². The van der Waals surface area contributed by atoms with Gasteiger partial charge in [0.1, 0.15) is 28.9 Å². The number of carbonyl (C=O) groups excluding carboxylic acids is 1. The molecule has 6 nitrogen and oxygen atoms in total. The molecule has 1 aliphatic heterocycles. The number of carbonyl (C=O) groups is 1. The maximum absolute atomic E-state index is 12.2. The van der Waals surface area contributed by atoms with Gasteiger partial charge in [-0.1, -0.05) is 52.3 Å². The lowest BCUT2D eigenvalue weighted by atomic mass is 9.83. The molecule has 7 heteroatoms. The highest BCUT2D eigenvalue weighted by molar-refractivity contribution is 9.10. The monoisotopic (exact) mass is 476 g/mol. The first-order chi connectivity index (χ1) is 15.0. The molecule has 1 heterocycles. The molecule has 0 fully saturated rings. The number of hydrogen-bond donors (Lipinski definition) is 1. The standard InChI is InChI=1S/C24H17BrN2O4/c25-16-8-6-15(7-9-16)23-19-11-10-18(12-21(19)31-24(27)20(23)13-26)30-22(28)14-29-17-4-2-1-3-5-17/h1-12,23H,14,27H2. The normalized spacial score (nSPS) is 14.8. The van der Waals surface area contributed by atoms with E-state index < -0.39 is 5.97 Å². The first-order valence-electron chi connectivity index (χ1n) is 9.40. The van der Waals surface area contributed by atoms with E-state index in [0.29, 0.717) is 22.8 Å². The Morgan fingerprint density at radius 2 is 1.81 bits per heavy atom. The summed E-state index contributed by atoms with van der Waals surface area (Å²) in [4.78, 5) is 12.2. The SMILES string of the molecule is N#CC1=C(N)Oc2cc(OC(=O)COc3ccccc3)ccc2C1c1ccc(Br)cc1. The number of halogens is 1. The van der Waals surface area contributed by atoms with Crippen molar-refractivity contribution in [3.8, 4) is 23.3 Å². The van der Waals surface area contributed by atoms with Crippen LogP contribution in [0.1, 0.15) is 17.0 Å². The van der Waals surface area contributed by atoms with Crippen molar-refractivity contribution in [1.29, 1.82) is 5.26 Å². The molecule has 0 amide bonds. The molecular formula is C24H17BrN2O4. The van der Waals surface area contributed by atoms with Crippen molar-refractivity contribution in [3.63, 3.8) is 0 Å². The van der Waals surface area contributed by atoms with Gasteiger partial charge in [0.2, 0.25) is 5.88 Å². The van der Waals surface area contributed by atoms with Crippen LogP contribution in [0, 0.1) is 11.3 Å². The number of ether oxygens (including phenoxy) is 3. The van der Waals surface area contributed by atoms with E-state index in [1.807, 2.05) is 42.5 Å². The van der Waals surface area contributed by atoms with E-state index in [-0.39, 0.29) is 18.4 Å². The van der Waals surface area contributed by atoms with E-state index in [0.717, 1.165) is 15.6 Å². The number of fused-ring (bicyclic) bond motifs is 1. The van der Waals surface area contributed by atoms with Gasteiger partial charge in [-0.15, -0.1) is 0 Å². The maximum Gasteiger partial charge on any atom is 0.349 e. The number of para-hydroxylation sites is 1. The Bertz CT molecular complexity index is 1180. The fourth-order valence-electron chi connectivity index (χ4n) is 3.32. The number of hydrogen-bond acceptors (Lipinski definition) is 6. The Hall–Kier alpha value is -3.76. The number of benzene rings is 3. The van der Waals surface area contributed by atoms with Crippen LogP contribution < -0.4 is 19.9 Å². The topological polar surface area (TPSA) is 94.6 Å². The molecule has 1 unspecified atom stereocenters. The van der Waals surface area contributed by atoms with E-state index in [4.69, 9.17) is 19.9 Å². The summed E-state index contributed by atoms with van der Waals surface area (Å²) >= 11 is 3.42. The summed E-state index contributed by atoms with van der Waals surface area (Å²) in [5, 5.41) is 9.64. The lowest BCUT2D eigenvalue weighted by molar-refractivity contribution is -0.136. The highest BCUT2D eigenvalue weighted by Crippen LogP contribution is 2.43. The van der Waals surface area contributed by atoms with Crippen LogP contribution in [0.15, 0.2) is 88.7 Å². The second kappa shape index (κ2) is 8.94. The Morgan fingerprint density at radius 1 is 1.06 bits per heavy atom. The van der Waals surface area contributed by atoms with Crippen molar-refractivity contribution in [2.45, 2.75) is 5.92 Å². The molecule has 0 saturated carbocycles. The zero-order valence-corrected chi connectivity index (χ0v) is 17.8. The molecule has 1 aliphatic rings. The highest BCUT2D eigenvalue weighted by Gasteiger charge is 2.31. The molecule has 3 aromatic carbocycles. The third-order valence-electron chi connectivity index (χ3n) is 4.73. The molecular weight excluding hydrogens is 460 g/mol. The Balaban J connectivity index is 1.56. The number of esters is 1. The number of rotatable bonds is 5. The summed E-state index contributed by atoms with van der Waals surface area (Å²) < 4.78 is 17.4. The molecule has 4 rings (SSSR count). The quantitative estimate of drug-likeness (QED) is 0.425. The van der Waals surface area contributed by atoms with Crippen LogP contribution in [0.4, 0.5) is 0 Å². The Kier molecular flexibility index (Phi) is 5.92. The molecule has 3 aromatic rings. The number of nitriles is 1. The zero-order chi connectivity index (χ0) is 21.8.